The summed E-state index contributed by atoms with van der Waals surface area (Å²) >= 11 is 0. The van der Waals surface area contributed by atoms with Gasteiger partial charge in [0, 0.05) is 25.2 Å². The lowest BCUT2D eigenvalue weighted by Gasteiger charge is -2.34. The van der Waals surface area contributed by atoms with Crippen LogP contribution in [0.3, 0.4) is 0 Å². The van der Waals surface area contributed by atoms with Crippen molar-refractivity contribution in [2.45, 2.75) is 44.8 Å². The second-order valence-corrected chi connectivity index (χ2v) is 5.79. The molecule has 0 radical (unpaired) electrons. The largest absolute Gasteiger partial charge is 0.338 e. The van der Waals surface area contributed by atoms with E-state index >= 15 is 0 Å². The highest BCUT2D eigenvalue weighted by Crippen LogP contribution is 2.21. The van der Waals surface area contributed by atoms with Crippen molar-refractivity contribution in [3.63, 3.8) is 0 Å². The van der Waals surface area contributed by atoms with Crippen molar-refractivity contribution in [1.82, 2.24) is 19.9 Å². The van der Waals surface area contributed by atoms with Gasteiger partial charge in [0.15, 0.2) is 5.82 Å². The highest BCUT2D eigenvalue weighted by atomic mass is 16.5. The third kappa shape index (κ3) is 3.13. The quantitative estimate of drug-likeness (QED) is 0.851. The summed E-state index contributed by atoms with van der Waals surface area (Å²) in [5.41, 5.74) is 5.96. The van der Waals surface area contributed by atoms with E-state index in [2.05, 4.69) is 19.9 Å². The van der Waals surface area contributed by atoms with Crippen molar-refractivity contribution in [1.29, 1.82) is 0 Å². The minimum atomic E-state index is 0.412. The SMILES string of the molecule is Cc1noc(CN2CCC(N3CCC(N)CC3)C2)n1. The van der Waals surface area contributed by atoms with E-state index in [0.717, 1.165) is 57.3 Å². The fourth-order valence-electron chi connectivity index (χ4n) is 3.13. The second kappa shape index (κ2) is 5.56. The van der Waals surface area contributed by atoms with Gasteiger partial charge in [-0.3, -0.25) is 9.80 Å². The molecule has 106 valence electrons. The zero-order valence-corrected chi connectivity index (χ0v) is 11.6. The fourth-order valence-corrected chi connectivity index (χ4v) is 3.13. The second-order valence-electron chi connectivity index (χ2n) is 5.79. The molecule has 3 heterocycles. The number of piperidine rings is 1. The van der Waals surface area contributed by atoms with Gasteiger partial charge in [-0.15, -0.1) is 0 Å². The molecule has 19 heavy (non-hydrogen) atoms. The van der Waals surface area contributed by atoms with Crippen LogP contribution in [0.5, 0.6) is 0 Å². The molecule has 2 N–H and O–H groups in total. The lowest BCUT2D eigenvalue weighted by Crippen LogP contribution is -2.46. The highest BCUT2D eigenvalue weighted by Gasteiger charge is 2.30. The Kier molecular flexibility index (Phi) is 3.81. The number of nitrogens with two attached hydrogens (primary N) is 1. The minimum absolute atomic E-state index is 0.412. The summed E-state index contributed by atoms with van der Waals surface area (Å²) in [6, 6.07) is 1.09. The first-order chi connectivity index (χ1) is 9.20. The standard InChI is InChI=1S/C13H23N5O/c1-10-15-13(19-16-10)9-17-5-4-12(8-17)18-6-2-11(14)3-7-18/h11-12H,2-9,14H2,1H3. The number of rotatable bonds is 3. The van der Waals surface area contributed by atoms with Gasteiger partial charge in [-0.25, -0.2) is 0 Å². The molecule has 1 atom stereocenters. The van der Waals surface area contributed by atoms with Crippen LogP contribution >= 0.6 is 0 Å². The topological polar surface area (TPSA) is 71.4 Å². The Bertz CT molecular complexity index is 413. The van der Waals surface area contributed by atoms with Crippen LogP contribution < -0.4 is 5.73 Å². The third-order valence-corrected chi connectivity index (χ3v) is 4.27. The molecule has 6 heteroatoms. The molecule has 2 aliphatic heterocycles. The molecular formula is C13H23N5O. The molecule has 3 rings (SSSR count). The molecule has 2 fully saturated rings. The first-order valence-corrected chi connectivity index (χ1v) is 7.22. The van der Waals surface area contributed by atoms with E-state index < -0.39 is 0 Å². The molecule has 2 saturated heterocycles. The van der Waals surface area contributed by atoms with E-state index in [1.165, 1.54) is 6.42 Å². The van der Waals surface area contributed by atoms with Gasteiger partial charge in [0.25, 0.3) is 0 Å². The fraction of sp³-hybridized carbons (Fsp3) is 0.846. The van der Waals surface area contributed by atoms with Gasteiger partial charge in [-0.1, -0.05) is 5.16 Å². The van der Waals surface area contributed by atoms with Crippen LogP contribution in [0.25, 0.3) is 0 Å². The summed E-state index contributed by atoms with van der Waals surface area (Å²) in [5, 5.41) is 3.84. The number of hydrogen-bond donors (Lipinski definition) is 1. The van der Waals surface area contributed by atoms with Crippen molar-refractivity contribution < 1.29 is 4.52 Å². The summed E-state index contributed by atoms with van der Waals surface area (Å²) < 4.78 is 5.19. The highest BCUT2D eigenvalue weighted by molar-refractivity contribution is 4.90. The molecule has 0 saturated carbocycles. The molecule has 0 aliphatic carbocycles. The monoisotopic (exact) mass is 265 g/mol. The molecule has 0 bridgehead atoms. The molecule has 2 aliphatic rings. The van der Waals surface area contributed by atoms with Crippen LogP contribution in [-0.2, 0) is 6.54 Å². The Morgan fingerprint density at radius 2 is 2.05 bits per heavy atom. The van der Waals surface area contributed by atoms with Gasteiger partial charge in [0.1, 0.15) is 0 Å². The normalized spacial score (nSPS) is 27.2. The predicted octanol–water partition coefficient (Wildman–Crippen LogP) is 0.375. The number of likely N-dealkylation sites (tertiary alicyclic amines) is 2. The van der Waals surface area contributed by atoms with Gasteiger partial charge in [0.2, 0.25) is 5.89 Å². The van der Waals surface area contributed by atoms with Crippen molar-refractivity contribution in [2.75, 3.05) is 26.2 Å². The maximum absolute atomic E-state index is 5.96. The molecule has 0 aromatic carbocycles. The van der Waals surface area contributed by atoms with Gasteiger partial charge in [0.05, 0.1) is 6.54 Å². The van der Waals surface area contributed by atoms with Crippen molar-refractivity contribution in [3.8, 4) is 0 Å². The molecular weight excluding hydrogens is 242 g/mol. The smallest absolute Gasteiger partial charge is 0.240 e. The zero-order chi connectivity index (χ0) is 13.2. The average molecular weight is 265 g/mol. The van der Waals surface area contributed by atoms with Crippen molar-refractivity contribution in [3.05, 3.63) is 11.7 Å². The Morgan fingerprint density at radius 3 is 2.74 bits per heavy atom. The van der Waals surface area contributed by atoms with Crippen molar-refractivity contribution >= 4 is 0 Å². The first-order valence-electron chi connectivity index (χ1n) is 7.22. The van der Waals surface area contributed by atoms with Gasteiger partial charge >= 0.3 is 0 Å². The maximum Gasteiger partial charge on any atom is 0.240 e. The molecule has 1 aromatic rings. The predicted molar refractivity (Wildman–Crippen MR) is 71.5 cm³/mol. The minimum Gasteiger partial charge on any atom is -0.338 e. The lowest BCUT2D eigenvalue weighted by molar-refractivity contribution is 0.149. The summed E-state index contributed by atoms with van der Waals surface area (Å²) in [4.78, 5) is 9.28. The molecule has 0 amide bonds. The summed E-state index contributed by atoms with van der Waals surface area (Å²) in [5.74, 6) is 1.45. The number of nitrogens with zero attached hydrogens (tertiary/aromatic N) is 4. The van der Waals surface area contributed by atoms with E-state index in [9.17, 15) is 0 Å². The summed E-state index contributed by atoms with van der Waals surface area (Å²) in [7, 11) is 0. The van der Waals surface area contributed by atoms with E-state index in [1.54, 1.807) is 0 Å². The van der Waals surface area contributed by atoms with E-state index in [0.29, 0.717) is 12.1 Å². The van der Waals surface area contributed by atoms with Crippen LogP contribution in [-0.4, -0.2) is 58.2 Å². The van der Waals surface area contributed by atoms with Crippen LogP contribution in [0, 0.1) is 6.92 Å². The Balaban J connectivity index is 1.50. The Morgan fingerprint density at radius 1 is 1.26 bits per heavy atom. The molecule has 1 aromatic heterocycles. The van der Waals surface area contributed by atoms with Crippen LogP contribution in [0.4, 0.5) is 0 Å². The molecule has 1 unspecified atom stereocenters. The van der Waals surface area contributed by atoms with Gasteiger partial charge in [-0.2, -0.15) is 4.98 Å². The van der Waals surface area contributed by atoms with Crippen LogP contribution in [0.1, 0.15) is 31.0 Å². The molecule has 6 nitrogen and oxygen atoms in total. The van der Waals surface area contributed by atoms with E-state index in [-0.39, 0.29) is 0 Å². The number of aryl methyl sites for hydroxylation is 1. The van der Waals surface area contributed by atoms with E-state index in [4.69, 9.17) is 10.3 Å². The van der Waals surface area contributed by atoms with Crippen LogP contribution in [0.15, 0.2) is 4.52 Å². The average Bonchev–Trinajstić information content (AvgIpc) is 3.00. The lowest BCUT2D eigenvalue weighted by atomic mass is 10.0. The number of hydrogen-bond acceptors (Lipinski definition) is 6. The van der Waals surface area contributed by atoms with Crippen molar-refractivity contribution in [2.24, 2.45) is 5.73 Å². The number of aromatic nitrogens is 2. The Hall–Kier alpha value is -0.980. The zero-order valence-electron chi connectivity index (χ0n) is 11.6. The third-order valence-electron chi connectivity index (χ3n) is 4.27. The molecule has 0 spiro atoms. The summed E-state index contributed by atoms with van der Waals surface area (Å²) in [6.45, 7) is 7.17. The Labute approximate surface area is 113 Å². The summed E-state index contributed by atoms with van der Waals surface area (Å²) in [6.07, 6.45) is 3.51. The van der Waals surface area contributed by atoms with E-state index in [1.807, 2.05) is 6.92 Å². The van der Waals surface area contributed by atoms with Gasteiger partial charge in [-0.05, 0) is 39.3 Å². The van der Waals surface area contributed by atoms with Gasteiger partial charge < -0.3 is 10.3 Å². The maximum atomic E-state index is 5.96. The van der Waals surface area contributed by atoms with Crippen LogP contribution in [0.2, 0.25) is 0 Å². The first kappa shape index (κ1) is 13.0.